The topological polar surface area (TPSA) is 84.1 Å². The summed E-state index contributed by atoms with van der Waals surface area (Å²) in [6, 6.07) is 10.7. The van der Waals surface area contributed by atoms with Crippen molar-refractivity contribution in [3.05, 3.63) is 69.5 Å². The molecule has 0 saturated heterocycles. The van der Waals surface area contributed by atoms with Crippen molar-refractivity contribution in [3.63, 3.8) is 0 Å². The van der Waals surface area contributed by atoms with Gasteiger partial charge in [-0.3, -0.25) is 0 Å². The monoisotopic (exact) mass is 463 g/mol. The molecule has 0 aliphatic rings. The van der Waals surface area contributed by atoms with Gasteiger partial charge in [-0.15, -0.1) is 0 Å². The largest absolute Gasteiger partial charge is 0.496 e. The Bertz CT molecular complexity index is 1310. The number of thiazole rings is 1. The minimum atomic E-state index is -4.66. The summed E-state index contributed by atoms with van der Waals surface area (Å²) in [4.78, 5) is 16.6. The summed E-state index contributed by atoms with van der Waals surface area (Å²) >= 11 is 1.13. The third kappa shape index (κ3) is 4.08. The van der Waals surface area contributed by atoms with E-state index in [-0.39, 0.29) is 16.4 Å². The zero-order chi connectivity index (χ0) is 22.9. The molecule has 0 saturated carbocycles. The molecule has 0 amide bonds. The zero-order valence-corrected chi connectivity index (χ0v) is 17.6. The van der Waals surface area contributed by atoms with Gasteiger partial charge in [-0.25, -0.2) is 9.78 Å². The molecule has 0 unspecified atom stereocenters. The van der Waals surface area contributed by atoms with Crippen LogP contribution in [0.15, 0.2) is 52.6 Å². The van der Waals surface area contributed by atoms with E-state index >= 15 is 0 Å². The first-order chi connectivity index (χ1) is 15.3. The van der Waals surface area contributed by atoms with Gasteiger partial charge >= 0.3 is 11.9 Å². The number of hydrogen-bond donors (Lipinski definition) is 0. The maximum atomic E-state index is 13.7. The molecule has 2 aromatic heterocycles. The fraction of sp³-hybridized carbons (Fsp3) is 0.200. The van der Waals surface area contributed by atoms with E-state index in [9.17, 15) is 18.0 Å². The first-order valence-corrected chi connectivity index (χ1v) is 10.1. The SMILES string of the molecule is COc1ccccc1-c1csc(OCc2c(-n3nnn(C)c3=O)cccc2C(F)(F)F)n1. The maximum Gasteiger partial charge on any atom is 0.416 e. The normalized spacial score (nSPS) is 11.5. The average molecular weight is 463 g/mol. The Hall–Kier alpha value is -3.67. The third-order valence-electron chi connectivity index (χ3n) is 4.61. The average Bonchev–Trinajstić information content (AvgIpc) is 3.38. The summed E-state index contributed by atoms with van der Waals surface area (Å²) in [5.74, 6) is 0.607. The molecule has 4 rings (SSSR count). The number of alkyl halides is 3. The van der Waals surface area contributed by atoms with Crippen molar-refractivity contribution < 1.29 is 22.6 Å². The lowest BCUT2D eigenvalue weighted by molar-refractivity contribution is -0.138. The molecule has 4 aromatic rings. The highest BCUT2D eigenvalue weighted by Gasteiger charge is 2.35. The van der Waals surface area contributed by atoms with Crippen LogP contribution in [0.3, 0.4) is 0 Å². The molecule has 0 atom stereocenters. The molecule has 8 nitrogen and oxygen atoms in total. The van der Waals surface area contributed by atoms with Crippen LogP contribution in [0, 0.1) is 0 Å². The van der Waals surface area contributed by atoms with Crippen LogP contribution in [0.5, 0.6) is 10.9 Å². The number of benzene rings is 2. The number of ether oxygens (including phenoxy) is 2. The van der Waals surface area contributed by atoms with Gasteiger partial charge < -0.3 is 9.47 Å². The van der Waals surface area contributed by atoms with Gasteiger partial charge in [0.25, 0.3) is 5.19 Å². The van der Waals surface area contributed by atoms with Crippen LogP contribution in [0.25, 0.3) is 16.9 Å². The van der Waals surface area contributed by atoms with Crippen LogP contribution in [0.1, 0.15) is 11.1 Å². The van der Waals surface area contributed by atoms with Crippen LogP contribution in [0.4, 0.5) is 13.2 Å². The van der Waals surface area contributed by atoms with Crippen LogP contribution in [0.2, 0.25) is 0 Å². The standard InChI is InChI=1S/C20H16F3N5O3S/c1-27-19(29)28(26-25-27)16-8-5-7-14(20(21,22)23)13(16)10-31-18-24-15(11-32-18)12-6-3-4-9-17(12)30-2/h3-9,11H,10H2,1-2H3. The molecule has 0 N–H and O–H groups in total. The van der Waals surface area contributed by atoms with Crippen molar-refractivity contribution in [2.24, 2.45) is 7.05 Å². The summed E-state index contributed by atoms with van der Waals surface area (Å²) in [6.45, 7) is -0.479. The predicted molar refractivity (Wildman–Crippen MR) is 110 cm³/mol. The van der Waals surface area contributed by atoms with E-state index in [0.717, 1.165) is 32.3 Å². The van der Waals surface area contributed by atoms with Gasteiger partial charge in [-0.05, 0) is 34.7 Å². The fourth-order valence-electron chi connectivity index (χ4n) is 3.09. The first-order valence-electron chi connectivity index (χ1n) is 9.19. The van der Waals surface area contributed by atoms with Crippen molar-refractivity contribution in [2.45, 2.75) is 12.8 Å². The molecule has 2 heterocycles. The number of para-hydroxylation sites is 1. The highest BCUT2D eigenvalue weighted by Crippen LogP contribution is 2.36. The Labute approximate surface area is 183 Å². The van der Waals surface area contributed by atoms with Crippen molar-refractivity contribution >= 4 is 11.3 Å². The van der Waals surface area contributed by atoms with Gasteiger partial charge in [0, 0.05) is 23.6 Å². The molecule has 32 heavy (non-hydrogen) atoms. The number of halogens is 3. The molecule has 166 valence electrons. The molecule has 0 aliphatic heterocycles. The van der Waals surface area contributed by atoms with Gasteiger partial charge in [0.15, 0.2) is 0 Å². The molecular weight excluding hydrogens is 447 g/mol. The molecule has 2 aromatic carbocycles. The minimum Gasteiger partial charge on any atom is -0.496 e. The summed E-state index contributed by atoms with van der Waals surface area (Å²) < 4.78 is 53.7. The van der Waals surface area contributed by atoms with Gasteiger partial charge in [-0.2, -0.15) is 22.5 Å². The Morgan fingerprint density at radius 2 is 1.88 bits per heavy atom. The van der Waals surface area contributed by atoms with Crippen molar-refractivity contribution in [3.8, 4) is 27.9 Å². The second-order valence-electron chi connectivity index (χ2n) is 6.59. The van der Waals surface area contributed by atoms with Crippen LogP contribution in [-0.2, 0) is 19.8 Å². The van der Waals surface area contributed by atoms with Crippen molar-refractivity contribution in [1.82, 2.24) is 24.8 Å². The maximum absolute atomic E-state index is 13.7. The quantitative estimate of drug-likeness (QED) is 0.434. The zero-order valence-electron chi connectivity index (χ0n) is 16.8. The highest BCUT2D eigenvalue weighted by atomic mass is 32.1. The fourth-order valence-corrected chi connectivity index (χ4v) is 3.76. The summed E-state index contributed by atoms with van der Waals surface area (Å²) in [5, 5.41) is 9.11. The highest BCUT2D eigenvalue weighted by molar-refractivity contribution is 7.11. The number of methoxy groups -OCH3 is 1. The van der Waals surface area contributed by atoms with Crippen LogP contribution < -0.4 is 15.2 Å². The van der Waals surface area contributed by atoms with E-state index in [4.69, 9.17) is 9.47 Å². The number of aryl methyl sites for hydroxylation is 1. The van der Waals surface area contributed by atoms with E-state index in [2.05, 4.69) is 15.4 Å². The van der Waals surface area contributed by atoms with E-state index in [0.29, 0.717) is 11.4 Å². The van der Waals surface area contributed by atoms with Gasteiger partial charge in [0.05, 0.1) is 24.1 Å². The van der Waals surface area contributed by atoms with Crippen molar-refractivity contribution in [2.75, 3.05) is 7.11 Å². The Balaban J connectivity index is 1.68. The predicted octanol–water partition coefficient (Wildman–Crippen LogP) is 3.70. The summed E-state index contributed by atoms with van der Waals surface area (Å²) in [7, 11) is 2.89. The lowest BCUT2D eigenvalue weighted by Crippen LogP contribution is -2.24. The molecule has 0 fully saturated rings. The molecule has 0 bridgehead atoms. The van der Waals surface area contributed by atoms with E-state index in [1.807, 2.05) is 18.2 Å². The summed E-state index contributed by atoms with van der Waals surface area (Å²) in [5.41, 5.74) is -0.649. The van der Waals surface area contributed by atoms with Crippen molar-refractivity contribution in [1.29, 1.82) is 0 Å². The van der Waals surface area contributed by atoms with Gasteiger partial charge in [0.2, 0.25) is 0 Å². The number of aromatic nitrogens is 5. The second kappa shape index (κ2) is 8.46. The summed E-state index contributed by atoms with van der Waals surface area (Å²) in [6.07, 6.45) is -4.66. The Kier molecular flexibility index (Phi) is 5.70. The lowest BCUT2D eigenvalue weighted by Gasteiger charge is -2.16. The third-order valence-corrected chi connectivity index (χ3v) is 5.36. The smallest absolute Gasteiger partial charge is 0.416 e. The number of tetrazole rings is 1. The molecular formula is C20H16F3N5O3S. The van der Waals surface area contributed by atoms with E-state index in [1.54, 1.807) is 11.4 Å². The van der Waals surface area contributed by atoms with Crippen LogP contribution >= 0.6 is 11.3 Å². The molecule has 0 radical (unpaired) electrons. The number of nitrogens with zero attached hydrogens (tertiary/aromatic N) is 5. The molecule has 0 aliphatic carbocycles. The Morgan fingerprint density at radius 3 is 2.56 bits per heavy atom. The second-order valence-corrected chi connectivity index (χ2v) is 7.41. The van der Waals surface area contributed by atoms with E-state index < -0.39 is 24.0 Å². The Morgan fingerprint density at radius 1 is 1.09 bits per heavy atom. The minimum absolute atomic E-state index is 0.0700. The number of rotatable bonds is 6. The molecule has 0 spiro atoms. The van der Waals surface area contributed by atoms with Gasteiger partial charge in [0.1, 0.15) is 12.4 Å². The van der Waals surface area contributed by atoms with E-state index in [1.165, 1.54) is 26.3 Å². The molecule has 12 heteroatoms. The number of hydrogen-bond acceptors (Lipinski definition) is 7. The lowest BCUT2D eigenvalue weighted by atomic mass is 10.1. The van der Waals surface area contributed by atoms with Crippen LogP contribution in [-0.4, -0.2) is 31.9 Å². The first kappa shape index (κ1) is 21.6. The van der Waals surface area contributed by atoms with Gasteiger partial charge in [-0.1, -0.05) is 29.5 Å².